The molecule has 0 saturated carbocycles. The lowest BCUT2D eigenvalue weighted by atomic mass is 9.76. The van der Waals surface area contributed by atoms with E-state index in [4.69, 9.17) is 4.74 Å². The van der Waals surface area contributed by atoms with Crippen molar-refractivity contribution in [1.82, 2.24) is 9.80 Å². The van der Waals surface area contributed by atoms with E-state index in [1.54, 1.807) is 0 Å². The van der Waals surface area contributed by atoms with E-state index in [0.29, 0.717) is 13.0 Å². The monoisotopic (exact) mass is 513 g/mol. The highest BCUT2D eigenvalue weighted by Crippen LogP contribution is 2.38. The maximum atomic E-state index is 12.8. The van der Waals surface area contributed by atoms with Gasteiger partial charge in [0, 0.05) is 44.7 Å². The van der Waals surface area contributed by atoms with Crippen LogP contribution in [0.4, 0.5) is 0 Å². The highest BCUT2D eigenvalue weighted by molar-refractivity contribution is 5.76. The number of ether oxygens (including phenoxy) is 1. The molecule has 36 heavy (non-hydrogen) atoms. The van der Waals surface area contributed by atoms with Crippen LogP contribution in [0.2, 0.25) is 0 Å². The van der Waals surface area contributed by atoms with Crippen molar-refractivity contribution in [2.45, 2.75) is 84.6 Å². The molecule has 0 radical (unpaired) electrons. The van der Waals surface area contributed by atoms with Crippen molar-refractivity contribution in [2.75, 3.05) is 32.8 Å². The molecule has 1 amide bonds. The van der Waals surface area contributed by atoms with Crippen molar-refractivity contribution >= 4 is 5.91 Å². The minimum absolute atomic E-state index is 0. The number of carbonyl (C=O) groups excluding carboxylic acids is 1. The summed E-state index contributed by atoms with van der Waals surface area (Å²) in [6.45, 7) is 18.7. The molecule has 200 valence electrons. The van der Waals surface area contributed by atoms with Gasteiger partial charge in [-0.25, -0.2) is 0 Å². The number of rotatable bonds is 11. The van der Waals surface area contributed by atoms with E-state index < -0.39 is 0 Å². The smallest absolute Gasteiger partial charge is 0.222 e. The molecule has 0 atom stereocenters. The van der Waals surface area contributed by atoms with Gasteiger partial charge in [0.2, 0.25) is 5.91 Å². The summed E-state index contributed by atoms with van der Waals surface area (Å²) in [5.74, 6) is 1.22. The van der Waals surface area contributed by atoms with Crippen molar-refractivity contribution < 1.29 is 21.9 Å². The zero-order valence-electron chi connectivity index (χ0n) is 23.3. The van der Waals surface area contributed by atoms with Crippen LogP contribution in [0.5, 0.6) is 5.75 Å². The van der Waals surface area contributed by atoms with Crippen LogP contribution in [0, 0.1) is 0 Å². The predicted molar refractivity (Wildman–Crippen MR) is 146 cm³/mol. The largest absolute Gasteiger partial charge is 1.00 e. The first-order valence-corrected chi connectivity index (χ1v) is 13.5. The number of halogens is 1. The van der Waals surface area contributed by atoms with Gasteiger partial charge in [0.15, 0.2) is 0 Å². The van der Waals surface area contributed by atoms with Crippen LogP contribution in [0.3, 0.4) is 0 Å². The van der Waals surface area contributed by atoms with Crippen LogP contribution < -0.4 is 17.1 Å². The molecule has 1 heterocycles. The van der Waals surface area contributed by atoms with Gasteiger partial charge in [0.25, 0.3) is 0 Å². The van der Waals surface area contributed by atoms with E-state index in [-0.39, 0.29) is 29.1 Å². The molecule has 4 nitrogen and oxygen atoms in total. The zero-order chi connectivity index (χ0) is 25.5. The number of hydrogen-bond acceptors (Lipinski definition) is 3. The van der Waals surface area contributed by atoms with Gasteiger partial charge in [-0.1, -0.05) is 84.0 Å². The van der Waals surface area contributed by atoms with Crippen molar-refractivity contribution in [2.24, 2.45) is 0 Å². The molecule has 5 heteroatoms. The Morgan fingerprint density at radius 3 is 2.14 bits per heavy atom. The molecule has 1 fully saturated rings. The first-order chi connectivity index (χ1) is 16.7. The summed E-state index contributed by atoms with van der Waals surface area (Å²) in [4.78, 5) is 17.2. The summed E-state index contributed by atoms with van der Waals surface area (Å²) >= 11 is 0. The number of carbonyl (C=O) groups is 1. The Hall–Kier alpha value is -2.04. The van der Waals surface area contributed by atoms with Gasteiger partial charge in [0.05, 0.1) is 6.61 Å². The molecule has 2 aromatic carbocycles. The quantitative estimate of drug-likeness (QED) is 0.431. The molecule has 1 aliphatic rings. The second-order valence-corrected chi connectivity index (χ2v) is 11.3. The zero-order valence-corrected chi connectivity index (χ0v) is 24.0. The van der Waals surface area contributed by atoms with Crippen molar-refractivity contribution in [3.8, 4) is 5.75 Å². The number of amides is 1. The average Bonchev–Trinajstić information content (AvgIpc) is 2.87. The van der Waals surface area contributed by atoms with Crippen LogP contribution in [0.25, 0.3) is 0 Å². The fourth-order valence-electron chi connectivity index (χ4n) is 4.56. The second kappa shape index (κ2) is 13.5. The third kappa shape index (κ3) is 7.98. The van der Waals surface area contributed by atoms with E-state index in [2.05, 4.69) is 95.0 Å². The first kappa shape index (κ1) is 30.2. The van der Waals surface area contributed by atoms with Crippen LogP contribution >= 0.6 is 0 Å². The lowest BCUT2D eigenvalue weighted by Gasteiger charge is -2.35. The summed E-state index contributed by atoms with van der Waals surface area (Å²) in [6.07, 6.45) is 3.44. The third-order valence-corrected chi connectivity index (χ3v) is 8.02. The molecule has 0 unspecified atom stereocenters. The summed E-state index contributed by atoms with van der Waals surface area (Å²) in [6, 6.07) is 17.3. The summed E-state index contributed by atoms with van der Waals surface area (Å²) in [7, 11) is 0. The standard InChI is InChI=1S/C31H46N2O2.ClH/c1-7-30(3,4)26-16-17-28(27(23-26)31(5,6)8-2)35-22-12-15-29(34)33-20-18-32(19-21-33)24-25-13-10-9-11-14-25;/h9-11,13-14,16-17,23H,7-8,12,15,18-22,24H2,1-6H3;1H/p-1. The number of hydrogen-bond donors (Lipinski definition) is 0. The summed E-state index contributed by atoms with van der Waals surface area (Å²) in [5.41, 5.74) is 4.17. The number of piperazine rings is 1. The topological polar surface area (TPSA) is 32.8 Å². The molecular formula is C31H46ClN2O2-. The van der Waals surface area contributed by atoms with E-state index in [0.717, 1.165) is 57.7 Å². The third-order valence-electron chi connectivity index (χ3n) is 8.02. The Labute approximate surface area is 225 Å². The van der Waals surface area contributed by atoms with Crippen molar-refractivity contribution in [3.63, 3.8) is 0 Å². The molecule has 0 aliphatic carbocycles. The van der Waals surface area contributed by atoms with E-state index in [1.807, 2.05) is 4.90 Å². The average molecular weight is 514 g/mol. The molecule has 1 saturated heterocycles. The summed E-state index contributed by atoms with van der Waals surface area (Å²) in [5, 5.41) is 0. The normalized spacial score (nSPS) is 14.9. The minimum Gasteiger partial charge on any atom is -1.00 e. The fraction of sp³-hybridized carbons (Fsp3) is 0.581. The Morgan fingerprint density at radius 2 is 1.53 bits per heavy atom. The van der Waals surface area contributed by atoms with Crippen molar-refractivity contribution in [3.05, 3.63) is 65.2 Å². The van der Waals surface area contributed by atoms with Gasteiger partial charge in [0.1, 0.15) is 5.75 Å². The highest BCUT2D eigenvalue weighted by Gasteiger charge is 2.27. The van der Waals surface area contributed by atoms with Crippen molar-refractivity contribution in [1.29, 1.82) is 0 Å². The molecule has 0 bridgehead atoms. The summed E-state index contributed by atoms with van der Waals surface area (Å²) < 4.78 is 6.27. The van der Waals surface area contributed by atoms with E-state index >= 15 is 0 Å². The maximum Gasteiger partial charge on any atom is 0.222 e. The van der Waals surface area contributed by atoms with Gasteiger partial charge in [-0.05, 0) is 47.3 Å². The molecule has 0 spiro atoms. The number of benzene rings is 2. The van der Waals surface area contributed by atoms with E-state index in [1.165, 1.54) is 16.7 Å². The number of nitrogens with zero attached hydrogens (tertiary/aromatic N) is 2. The Morgan fingerprint density at radius 1 is 0.889 bits per heavy atom. The lowest BCUT2D eigenvalue weighted by molar-refractivity contribution is -0.133. The first-order valence-electron chi connectivity index (χ1n) is 13.5. The Balaban J connectivity index is 0.00000456. The van der Waals surface area contributed by atoms with Crippen LogP contribution in [-0.4, -0.2) is 48.5 Å². The van der Waals surface area contributed by atoms with Crippen LogP contribution in [-0.2, 0) is 22.2 Å². The van der Waals surface area contributed by atoms with Crippen LogP contribution in [0.15, 0.2) is 48.5 Å². The highest BCUT2D eigenvalue weighted by atomic mass is 35.5. The molecular weight excluding hydrogens is 468 g/mol. The van der Waals surface area contributed by atoms with E-state index in [9.17, 15) is 4.79 Å². The maximum absolute atomic E-state index is 12.8. The molecule has 2 aromatic rings. The minimum atomic E-state index is 0. The van der Waals surface area contributed by atoms with Gasteiger partial charge in [-0.2, -0.15) is 0 Å². The molecule has 0 N–H and O–H groups in total. The van der Waals surface area contributed by atoms with Gasteiger partial charge >= 0.3 is 0 Å². The SMILES string of the molecule is CCC(C)(C)c1ccc(OCCCC(=O)N2CCN(Cc3ccccc3)CC2)c(C(C)(C)CC)c1.[Cl-]. The lowest BCUT2D eigenvalue weighted by Crippen LogP contribution is -3.00. The van der Waals surface area contributed by atoms with Gasteiger partial charge in [-0.3, -0.25) is 9.69 Å². The molecule has 3 rings (SSSR count). The Bertz CT molecular complexity index is 950. The van der Waals surface area contributed by atoms with Gasteiger partial charge < -0.3 is 22.0 Å². The Kier molecular flexibility index (Phi) is 11.3. The van der Waals surface area contributed by atoms with Crippen LogP contribution in [0.1, 0.15) is 83.9 Å². The van der Waals surface area contributed by atoms with Gasteiger partial charge in [-0.15, -0.1) is 0 Å². The molecule has 0 aromatic heterocycles. The fourth-order valence-corrected chi connectivity index (χ4v) is 4.56. The predicted octanol–water partition coefficient (Wildman–Crippen LogP) is 3.57. The second-order valence-electron chi connectivity index (χ2n) is 11.3. The molecule has 1 aliphatic heterocycles.